The standard InChI is InChI=1S/C19H33NS2.ClH/c1-2-3-4-5-6-7-8-12-15-20-16-17-21-22-18-19-13-10-9-11-14-19;/h9-11,13-14,20H,2-8,12,15-18H2,1H3;1H. The summed E-state index contributed by atoms with van der Waals surface area (Å²) in [6.07, 6.45) is 11.2. The van der Waals surface area contributed by atoms with Crippen LogP contribution in [-0.2, 0) is 5.75 Å². The van der Waals surface area contributed by atoms with Gasteiger partial charge < -0.3 is 5.32 Å². The van der Waals surface area contributed by atoms with E-state index in [4.69, 9.17) is 0 Å². The zero-order valence-corrected chi connectivity index (χ0v) is 17.0. The van der Waals surface area contributed by atoms with Gasteiger partial charge in [0, 0.05) is 18.1 Å². The molecule has 23 heavy (non-hydrogen) atoms. The lowest BCUT2D eigenvalue weighted by Crippen LogP contribution is -2.18. The minimum Gasteiger partial charge on any atom is -0.316 e. The molecule has 1 N–H and O–H groups in total. The van der Waals surface area contributed by atoms with Gasteiger partial charge in [-0.2, -0.15) is 0 Å². The second kappa shape index (κ2) is 18.5. The Morgan fingerprint density at radius 1 is 0.783 bits per heavy atom. The summed E-state index contributed by atoms with van der Waals surface area (Å²) in [5, 5.41) is 3.56. The highest BCUT2D eigenvalue weighted by Crippen LogP contribution is 2.25. The van der Waals surface area contributed by atoms with E-state index in [1.165, 1.54) is 69.2 Å². The Morgan fingerprint density at radius 3 is 2.13 bits per heavy atom. The second-order valence-corrected chi connectivity index (χ2v) is 8.38. The Morgan fingerprint density at radius 2 is 1.43 bits per heavy atom. The van der Waals surface area contributed by atoms with Gasteiger partial charge in [0.15, 0.2) is 0 Å². The molecule has 1 nitrogen and oxygen atoms in total. The fourth-order valence-corrected chi connectivity index (χ4v) is 4.38. The molecule has 0 bridgehead atoms. The van der Waals surface area contributed by atoms with Gasteiger partial charge in [-0.1, -0.05) is 104 Å². The summed E-state index contributed by atoms with van der Waals surface area (Å²) in [5.74, 6) is 2.32. The quantitative estimate of drug-likeness (QED) is 0.270. The van der Waals surface area contributed by atoms with Crippen molar-refractivity contribution < 1.29 is 0 Å². The van der Waals surface area contributed by atoms with Gasteiger partial charge in [0.2, 0.25) is 0 Å². The van der Waals surface area contributed by atoms with Gasteiger partial charge in [0.05, 0.1) is 0 Å². The fourth-order valence-electron chi connectivity index (χ4n) is 2.37. The van der Waals surface area contributed by atoms with Crippen molar-refractivity contribution in [2.75, 3.05) is 18.8 Å². The lowest BCUT2D eigenvalue weighted by Gasteiger charge is -2.05. The monoisotopic (exact) mass is 375 g/mol. The molecular weight excluding hydrogens is 342 g/mol. The molecule has 0 saturated heterocycles. The third kappa shape index (κ3) is 15.4. The lowest BCUT2D eigenvalue weighted by molar-refractivity contribution is 0.560. The summed E-state index contributed by atoms with van der Waals surface area (Å²) in [4.78, 5) is 0. The van der Waals surface area contributed by atoms with E-state index in [2.05, 4.69) is 42.6 Å². The number of benzene rings is 1. The molecule has 0 heterocycles. The topological polar surface area (TPSA) is 12.0 Å². The summed E-state index contributed by atoms with van der Waals surface area (Å²) >= 11 is 0. The fraction of sp³-hybridized carbons (Fsp3) is 0.684. The van der Waals surface area contributed by atoms with Crippen molar-refractivity contribution in [2.45, 2.75) is 64.0 Å². The van der Waals surface area contributed by atoms with Crippen molar-refractivity contribution in [1.29, 1.82) is 0 Å². The Labute approximate surface area is 158 Å². The Hall–Kier alpha value is 0.170. The highest BCUT2D eigenvalue weighted by molar-refractivity contribution is 8.76. The summed E-state index contributed by atoms with van der Waals surface area (Å²) in [7, 11) is 3.95. The Balaban J connectivity index is 0.00000484. The molecule has 0 aliphatic heterocycles. The zero-order valence-electron chi connectivity index (χ0n) is 14.6. The molecule has 1 aromatic carbocycles. The number of hydrogen-bond acceptors (Lipinski definition) is 3. The van der Waals surface area contributed by atoms with Crippen LogP contribution in [0, 0.1) is 0 Å². The van der Waals surface area contributed by atoms with Gasteiger partial charge in [0.25, 0.3) is 0 Å². The molecule has 0 fully saturated rings. The van der Waals surface area contributed by atoms with Crippen LogP contribution in [0.3, 0.4) is 0 Å². The molecule has 1 rings (SSSR count). The van der Waals surface area contributed by atoms with Gasteiger partial charge in [-0.3, -0.25) is 0 Å². The minimum absolute atomic E-state index is 0. The molecule has 0 atom stereocenters. The molecule has 0 radical (unpaired) electrons. The van der Waals surface area contributed by atoms with Gasteiger partial charge in [0.1, 0.15) is 0 Å². The van der Waals surface area contributed by atoms with E-state index in [0.717, 1.165) is 12.3 Å². The van der Waals surface area contributed by atoms with Gasteiger partial charge in [-0.05, 0) is 18.5 Å². The van der Waals surface area contributed by atoms with Crippen molar-refractivity contribution in [2.24, 2.45) is 0 Å². The number of unbranched alkanes of at least 4 members (excludes halogenated alkanes) is 7. The SMILES string of the molecule is CCCCCCCCCCNCCSSCc1ccccc1.Cl. The predicted molar refractivity (Wildman–Crippen MR) is 113 cm³/mol. The minimum atomic E-state index is 0. The van der Waals surface area contributed by atoms with Crippen LogP contribution in [0.4, 0.5) is 0 Å². The zero-order chi connectivity index (χ0) is 15.7. The maximum Gasteiger partial charge on any atom is 0.0288 e. The summed E-state index contributed by atoms with van der Waals surface area (Å²) in [6, 6.07) is 10.7. The van der Waals surface area contributed by atoms with Crippen molar-refractivity contribution >= 4 is 34.0 Å². The van der Waals surface area contributed by atoms with E-state index in [1.54, 1.807) is 0 Å². The smallest absolute Gasteiger partial charge is 0.0288 e. The van der Waals surface area contributed by atoms with E-state index in [0.29, 0.717) is 0 Å². The molecule has 134 valence electrons. The van der Waals surface area contributed by atoms with Crippen molar-refractivity contribution in [1.82, 2.24) is 5.32 Å². The van der Waals surface area contributed by atoms with Crippen LogP contribution in [0.1, 0.15) is 63.9 Å². The summed E-state index contributed by atoms with van der Waals surface area (Å²) < 4.78 is 0. The lowest BCUT2D eigenvalue weighted by atomic mass is 10.1. The normalized spacial score (nSPS) is 10.5. The predicted octanol–water partition coefficient (Wildman–Crippen LogP) is 6.72. The van der Waals surface area contributed by atoms with Crippen LogP contribution in [0.2, 0.25) is 0 Å². The number of halogens is 1. The maximum absolute atomic E-state index is 3.56. The van der Waals surface area contributed by atoms with Gasteiger partial charge in [-0.15, -0.1) is 12.4 Å². The first-order valence-corrected chi connectivity index (χ1v) is 11.4. The third-order valence-corrected chi connectivity index (χ3v) is 6.06. The molecule has 0 aliphatic rings. The highest BCUT2D eigenvalue weighted by atomic mass is 35.5. The van der Waals surface area contributed by atoms with Crippen LogP contribution < -0.4 is 5.32 Å². The average molecular weight is 376 g/mol. The first-order valence-electron chi connectivity index (χ1n) is 8.92. The van der Waals surface area contributed by atoms with Crippen LogP contribution >= 0.6 is 34.0 Å². The second-order valence-electron chi connectivity index (χ2n) is 5.79. The molecule has 4 heteroatoms. The molecule has 0 aromatic heterocycles. The maximum atomic E-state index is 3.56. The average Bonchev–Trinajstić information content (AvgIpc) is 2.56. The highest BCUT2D eigenvalue weighted by Gasteiger charge is 1.94. The summed E-state index contributed by atoms with van der Waals surface area (Å²) in [5.41, 5.74) is 1.42. The molecule has 0 amide bonds. The van der Waals surface area contributed by atoms with Crippen LogP contribution in [0.15, 0.2) is 30.3 Å². The molecule has 0 unspecified atom stereocenters. The van der Waals surface area contributed by atoms with E-state index in [-0.39, 0.29) is 12.4 Å². The van der Waals surface area contributed by atoms with Crippen LogP contribution in [0.5, 0.6) is 0 Å². The number of nitrogens with one attached hydrogen (secondary N) is 1. The van der Waals surface area contributed by atoms with Crippen LogP contribution in [0.25, 0.3) is 0 Å². The van der Waals surface area contributed by atoms with Gasteiger partial charge >= 0.3 is 0 Å². The molecule has 0 saturated carbocycles. The van der Waals surface area contributed by atoms with E-state index >= 15 is 0 Å². The largest absolute Gasteiger partial charge is 0.316 e. The summed E-state index contributed by atoms with van der Waals surface area (Å²) in [6.45, 7) is 4.62. The Kier molecular flexibility index (Phi) is 18.6. The van der Waals surface area contributed by atoms with E-state index in [9.17, 15) is 0 Å². The van der Waals surface area contributed by atoms with Crippen molar-refractivity contribution in [3.8, 4) is 0 Å². The molecule has 0 spiro atoms. The number of rotatable bonds is 15. The first-order chi connectivity index (χ1) is 10.9. The molecular formula is C19H34ClNS2. The molecule has 1 aromatic rings. The van der Waals surface area contributed by atoms with Crippen molar-refractivity contribution in [3.05, 3.63) is 35.9 Å². The van der Waals surface area contributed by atoms with E-state index in [1.807, 2.05) is 21.6 Å². The number of hydrogen-bond donors (Lipinski definition) is 1. The van der Waals surface area contributed by atoms with E-state index < -0.39 is 0 Å². The van der Waals surface area contributed by atoms with Crippen LogP contribution in [-0.4, -0.2) is 18.8 Å². The molecule has 0 aliphatic carbocycles. The first kappa shape index (κ1) is 23.2. The van der Waals surface area contributed by atoms with Crippen molar-refractivity contribution in [3.63, 3.8) is 0 Å². The third-order valence-electron chi connectivity index (χ3n) is 3.72. The van der Waals surface area contributed by atoms with Gasteiger partial charge in [-0.25, -0.2) is 0 Å². The Bertz CT molecular complexity index is 335.